The number of fused-ring (bicyclic) bond motifs is 1. The van der Waals surface area contributed by atoms with Crippen molar-refractivity contribution in [2.75, 3.05) is 40.9 Å². The summed E-state index contributed by atoms with van der Waals surface area (Å²) in [4.78, 5) is 20.0. The molecule has 0 aliphatic carbocycles. The number of likely N-dealkylation sites (N-methyl/N-ethyl adjacent to an activating group) is 1. The minimum Gasteiger partial charge on any atom is -0.496 e. The minimum absolute atomic E-state index is 0.232. The van der Waals surface area contributed by atoms with E-state index < -0.39 is 0 Å². The molecule has 158 valence electrons. The number of ether oxygens (including phenoxy) is 2. The van der Waals surface area contributed by atoms with Crippen molar-refractivity contribution in [3.8, 4) is 5.75 Å². The number of aromatic amines is 1. The Balaban J connectivity index is 1.67. The Bertz CT molecular complexity index is 1040. The Morgan fingerprint density at radius 3 is 2.63 bits per heavy atom. The molecule has 1 aliphatic heterocycles. The second kappa shape index (κ2) is 8.50. The van der Waals surface area contributed by atoms with Crippen LogP contribution in [0.2, 0.25) is 0 Å². The number of piperazine rings is 1. The molecule has 1 saturated heterocycles. The van der Waals surface area contributed by atoms with Crippen LogP contribution in [0, 0.1) is 6.92 Å². The van der Waals surface area contributed by atoms with Crippen molar-refractivity contribution in [2.24, 2.45) is 0 Å². The van der Waals surface area contributed by atoms with E-state index in [0.29, 0.717) is 5.56 Å². The molecule has 0 radical (unpaired) electrons. The summed E-state index contributed by atoms with van der Waals surface area (Å²) in [5.74, 6) is 0.622. The first kappa shape index (κ1) is 20.4. The lowest BCUT2D eigenvalue weighted by molar-refractivity contribution is 0.0600. The molecule has 0 spiro atoms. The zero-order valence-electron chi connectivity index (χ0n) is 18.1. The van der Waals surface area contributed by atoms with Gasteiger partial charge in [0, 0.05) is 54.9 Å². The number of carbonyl (C=O) groups excluding carboxylic acids is 1. The zero-order chi connectivity index (χ0) is 21.3. The maximum absolute atomic E-state index is 11.8. The van der Waals surface area contributed by atoms with Gasteiger partial charge < -0.3 is 19.4 Å². The molecule has 1 N–H and O–H groups in total. The number of aryl methyl sites for hydroxylation is 1. The molecule has 4 rings (SSSR count). The highest BCUT2D eigenvalue weighted by atomic mass is 16.5. The molecule has 1 unspecified atom stereocenters. The third-order valence-corrected chi connectivity index (χ3v) is 6.10. The number of benzene rings is 2. The van der Waals surface area contributed by atoms with Crippen LogP contribution in [0.4, 0.5) is 0 Å². The summed E-state index contributed by atoms with van der Waals surface area (Å²) >= 11 is 0. The lowest BCUT2D eigenvalue weighted by Crippen LogP contribution is -2.46. The van der Waals surface area contributed by atoms with E-state index in [2.05, 4.69) is 40.9 Å². The van der Waals surface area contributed by atoms with Gasteiger partial charge in [-0.3, -0.25) is 4.90 Å². The topological polar surface area (TPSA) is 57.8 Å². The Kier molecular flexibility index (Phi) is 5.79. The lowest BCUT2D eigenvalue weighted by Gasteiger charge is -2.40. The van der Waals surface area contributed by atoms with Crippen molar-refractivity contribution >= 4 is 16.9 Å². The first-order chi connectivity index (χ1) is 14.5. The fraction of sp³-hybridized carbons (Fsp3) is 0.375. The fourth-order valence-corrected chi connectivity index (χ4v) is 4.41. The van der Waals surface area contributed by atoms with E-state index in [-0.39, 0.29) is 12.0 Å². The molecule has 1 atom stereocenters. The van der Waals surface area contributed by atoms with E-state index in [9.17, 15) is 4.79 Å². The predicted molar refractivity (Wildman–Crippen MR) is 118 cm³/mol. The summed E-state index contributed by atoms with van der Waals surface area (Å²) in [7, 11) is 5.30. The third-order valence-electron chi connectivity index (χ3n) is 6.10. The van der Waals surface area contributed by atoms with Crippen LogP contribution in [-0.4, -0.2) is 61.7 Å². The third kappa shape index (κ3) is 3.80. The molecule has 1 fully saturated rings. The average Bonchev–Trinajstić information content (AvgIpc) is 3.26. The quantitative estimate of drug-likeness (QED) is 0.653. The molecule has 2 aromatic carbocycles. The number of aromatic nitrogens is 1. The number of nitrogens with zero attached hydrogens (tertiary/aromatic N) is 2. The van der Waals surface area contributed by atoms with E-state index >= 15 is 0 Å². The highest BCUT2D eigenvalue weighted by Crippen LogP contribution is 2.34. The number of methoxy groups -OCH3 is 2. The van der Waals surface area contributed by atoms with E-state index in [1.54, 1.807) is 7.11 Å². The minimum atomic E-state index is -0.307. The summed E-state index contributed by atoms with van der Waals surface area (Å²) in [5.41, 5.74) is 5.33. The Hall–Kier alpha value is -2.83. The summed E-state index contributed by atoms with van der Waals surface area (Å²) in [5, 5.41) is 1.21. The van der Waals surface area contributed by atoms with Gasteiger partial charge in [0.2, 0.25) is 0 Å². The van der Waals surface area contributed by atoms with Gasteiger partial charge in [0.15, 0.2) is 0 Å². The highest BCUT2D eigenvalue weighted by Gasteiger charge is 2.28. The summed E-state index contributed by atoms with van der Waals surface area (Å²) in [6.07, 6.45) is 1.99. The maximum atomic E-state index is 11.8. The number of carbonyl (C=O) groups is 1. The van der Waals surface area contributed by atoms with Gasteiger partial charge in [-0.2, -0.15) is 0 Å². The van der Waals surface area contributed by atoms with Crippen molar-refractivity contribution in [1.82, 2.24) is 14.8 Å². The summed E-state index contributed by atoms with van der Waals surface area (Å²) in [6.45, 7) is 5.81. The van der Waals surface area contributed by atoms with Gasteiger partial charge in [0.1, 0.15) is 5.75 Å². The Morgan fingerprint density at radius 2 is 1.93 bits per heavy atom. The number of esters is 1. The monoisotopic (exact) mass is 407 g/mol. The first-order valence-electron chi connectivity index (χ1n) is 10.3. The lowest BCUT2D eigenvalue weighted by atomic mass is 9.98. The van der Waals surface area contributed by atoms with Gasteiger partial charge in [0.25, 0.3) is 0 Å². The molecule has 0 amide bonds. The van der Waals surface area contributed by atoms with Gasteiger partial charge in [-0.25, -0.2) is 4.79 Å². The Morgan fingerprint density at radius 1 is 1.17 bits per heavy atom. The van der Waals surface area contributed by atoms with Crippen molar-refractivity contribution in [3.63, 3.8) is 0 Å². The van der Waals surface area contributed by atoms with Crippen LogP contribution in [0.25, 0.3) is 10.9 Å². The summed E-state index contributed by atoms with van der Waals surface area (Å²) in [6, 6.07) is 12.3. The van der Waals surface area contributed by atoms with Gasteiger partial charge in [-0.15, -0.1) is 0 Å². The average molecular weight is 408 g/mol. The van der Waals surface area contributed by atoms with Crippen LogP contribution in [0.1, 0.15) is 33.1 Å². The van der Waals surface area contributed by atoms with Crippen LogP contribution in [0.3, 0.4) is 0 Å². The van der Waals surface area contributed by atoms with Crippen molar-refractivity contribution in [1.29, 1.82) is 0 Å². The van der Waals surface area contributed by atoms with Crippen molar-refractivity contribution in [3.05, 3.63) is 64.8 Å². The number of rotatable bonds is 5. The molecule has 1 aromatic heterocycles. The second-order valence-electron chi connectivity index (χ2n) is 8.00. The van der Waals surface area contributed by atoms with Gasteiger partial charge in [-0.05, 0) is 49.4 Å². The predicted octanol–water partition coefficient (Wildman–Crippen LogP) is 3.76. The second-order valence-corrected chi connectivity index (χ2v) is 8.00. The molecule has 3 aromatic rings. The highest BCUT2D eigenvalue weighted by molar-refractivity contribution is 5.89. The van der Waals surface area contributed by atoms with E-state index in [1.807, 2.05) is 30.5 Å². The number of H-pyrrole nitrogens is 1. The van der Waals surface area contributed by atoms with Crippen LogP contribution in [0.15, 0.2) is 42.6 Å². The molecule has 1 aliphatic rings. The maximum Gasteiger partial charge on any atom is 0.337 e. The molecule has 2 heterocycles. The van der Waals surface area contributed by atoms with Crippen molar-refractivity contribution in [2.45, 2.75) is 19.5 Å². The van der Waals surface area contributed by atoms with Crippen LogP contribution in [0.5, 0.6) is 5.75 Å². The standard InChI is InChI=1S/C24H29N3O3/c1-16-13-22(29-3)20(19-9-10-25-23(16)19)14-27-12-11-26(2)15-21(27)17-5-7-18(8-6-17)24(28)30-4/h5-10,13,21,25H,11-12,14-15H2,1-4H3. The molecule has 0 saturated carbocycles. The first-order valence-corrected chi connectivity index (χ1v) is 10.3. The summed E-state index contributed by atoms with van der Waals surface area (Å²) < 4.78 is 10.6. The molecule has 6 nitrogen and oxygen atoms in total. The van der Waals surface area contributed by atoms with Gasteiger partial charge in [0.05, 0.1) is 19.8 Å². The van der Waals surface area contributed by atoms with Gasteiger partial charge in [-0.1, -0.05) is 12.1 Å². The van der Waals surface area contributed by atoms with Crippen LogP contribution >= 0.6 is 0 Å². The zero-order valence-corrected chi connectivity index (χ0v) is 18.1. The van der Waals surface area contributed by atoms with E-state index in [4.69, 9.17) is 9.47 Å². The number of hydrogen-bond acceptors (Lipinski definition) is 5. The Labute approximate surface area is 177 Å². The molecule has 6 heteroatoms. The molecular formula is C24H29N3O3. The fourth-order valence-electron chi connectivity index (χ4n) is 4.41. The normalized spacial score (nSPS) is 17.9. The number of nitrogens with one attached hydrogen (secondary N) is 1. The molecule has 0 bridgehead atoms. The SMILES string of the molecule is COC(=O)c1ccc(C2CN(C)CCN2Cc2c(OC)cc(C)c3[nH]ccc23)cc1. The molecular weight excluding hydrogens is 378 g/mol. The van der Waals surface area contributed by atoms with Crippen LogP contribution < -0.4 is 4.74 Å². The largest absolute Gasteiger partial charge is 0.496 e. The smallest absolute Gasteiger partial charge is 0.337 e. The van der Waals surface area contributed by atoms with E-state index in [0.717, 1.165) is 31.9 Å². The van der Waals surface area contributed by atoms with E-state index in [1.165, 1.54) is 34.7 Å². The number of hydrogen-bond donors (Lipinski definition) is 1. The van der Waals surface area contributed by atoms with Crippen molar-refractivity contribution < 1.29 is 14.3 Å². The van der Waals surface area contributed by atoms with Gasteiger partial charge >= 0.3 is 5.97 Å². The molecule has 30 heavy (non-hydrogen) atoms. The van der Waals surface area contributed by atoms with Crippen LogP contribution in [-0.2, 0) is 11.3 Å².